The molecule has 1 fully saturated rings. The molecule has 0 spiro atoms. The van der Waals surface area contributed by atoms with Gasteiger partial charge < -0.3 is 10.1 Å². The van der Waals surface area contributed by atoms with Crippen LogP contribution < -0.4 is 5.32 Å². The summed E-state index contributed by atoms with van der Waals surface area (Å²) < 4.78 is 5.22. The fourth-order valence-electron chi connectivity index (χ4n) is 0.882. The number of hydrogen-bond donors (Lipinski definition) is 1. The molecule has 1 unspecified atom stereocenters. The molecule has 0 amide bonds. The zero-order chi connectivity index (χ0) is 6.69. The third-order valence-corrected chi connectivity index (χ3v) is 1.52. The second-order valence-electron chi connectivity index (χ2n) is 2.43. The molecule has 0 radical (unpaired) electrons. The maximum Gasteiger partial charge on any atom is 0.0658 e. The van der Waals surface area contributed by atoms with Crippen molar-refractivity contribution in [3.8, 4) is 0 Å². The van der Waals surface area contributed by atoms with E-state index in [0.29, 0.717) is 6.04 Å². The number of ether oxygens (including phenoxy) is 1. The maximum atomic E-state index is 5.22. The molecule has 0 aromatic heterocycles. The molecule has 1 saturated heterocycles. The number of morpholine rings is 1. The first kappa shape index (κ1) is 6.78. The van der Waals surface area contributed by atoms with Crippen molar-refractivity contribution >= 4 is 0 Å². The molecule has 1 aliphatic rings. The first-order chi connectivity index (χ1) is 4.30. The predicted molar refractivity (Wildman–Crippen MR) is 37.4 cm³/mol. The molecule has 2 heteroatoms. The molecular weight excluding hydrogens is 114 g/mol. The molecule has 1 heterocycles. The van der Waals surface area contributed by atoms with Gasteiger partial charge in [-0.1, -0.05) is 12.2 Å². The van der Waals surface area contributed by atoms with Crippen molar-refractivity contribution in [2.45, 2.75) is 13.0 Å². The summed E-state index contributed by atoms with van der Waals surface area (Å²) in [4.78, 5) is 0. The Labute approximate surface area is 55.9 Å². The monoisotopic (exact) mass is 127 g/mol. The molecule has 0 bridgehead atoms. The van der Waals surface area contributed by atoms with Gasteiger partial charge in [-0.3, -0.25) is 0 Å². The van der Waals surface area contributed by atoms with Gasteiger partial charge in [0.05, 0.1) is 19.3 Å². The van der Waals surface area contributed by atoms with Crippen molar-refractivity contribution < 1.29 is 4.74 Å². The Morgan fingerprint density at radius 1 is 1.78 bits per heavy atom. The molecular formula is C7H13NO. The molecule has 52 valence electrons. The van der Waals surface area contributed by atoms with Gasteiger partial charge in [-0.05, 0) is 6.92 Å². The third-order valence-electron chi connectivity index (χ3n) is 1.52. The third kappa shape index (κ3) is 1.80. The van der Waals surface area contributed by atoms with Crippen molar-refractivity contribution in [1.82, 2.24) is 5.32 Å². The smallest absolute Gasteiger partial charge is 0.0658 e. The van der Waals surface area contributed by atoms with E-state index in [1.165, 1.54) is 0 Å². The van der Waals surface area contributed by atoms with Gasteiger partial charge in [0, 0.05) is 6.54 Å². The molecule has 0 aromatic carbocycles. The molecule has 1 N–H and O–H groups in total. The van der Waals surface area contributed by atoms with Crippen molar-refractivity contribution in [3.63, 3.8) is 0 Å². The minimum Gasteiger partial charge on any atom is -0.378 e. The first-order valence-corrected chi connectivity index (χ1v) is 3.27. The molecule has 2 nitrogen and oxygen atoms in total. The Hall–Kier alpha value is -0.340. The fourth-order valence-corrected chi connectivity index (χ4v) is 0.882. The Bertz CT molecular complexity index is 105. The largest absolute Gasteiger partial charge is 0.378 e. The van der Waals surface area contributed by atoms with Crippen LogP contribution in [0.3, 0.4) is 0 Å². The topological polar surface area (TPSA) is 21.3 Å². The zero-order valence-electron chi connectivity index (χ0n) is 5.81. The van der Waals surface area contributed by atoms with Crippen molar-refractivity contribution in [3.05, 3.63) is 12.2 Å². The SMILES string of the molecule is C=C(C)C1COCCN1. The van der Waals surface area contributed by atoms with Gasteiger partial charge in [0.25, 0.3) is 0 Å². The average molecular weight is 127 g/mol. The van der Waals surface area contributed by atoms with Crippen molar-refractivity contribution in [2.75, 3.05) is 19.8 Å². The molecule has 0 saturated carbocycles. The Balaban J connectivity index is 2.31. The summed E-state index contributed by atoms with van der Waals surface area (Å²) >= 11 is 0. The minimum absolute atomic E-state index is 0.388. The highest BCUT2D eigenvalue weighted by molar-refractivity contribution is 5.02. The summed E-state index contributed by atoms with van der Waals surface area (Å²) in [6.07, 6.45) is 0. The van der Waals surface area contributed by atoms with Crippen LogP contribution in [0.2, 0.25) is 0 Å². The van der Waals surface area contributed by atoms with Gasteiger partial charge in [0.2, 0.25) is 0 Å². The van der Waals surface area contributed by atoms with E-state index in [9.17, 15) is 0 Å². The Morgan fingerprint density at radius 3 is 2.89 bits per heavy atom. The van der Waals surface area contributed by atoms with Crippen LogP contribution in [-0.4, -0.2) is 25.8 Å². The summed E-state index contributed by atoms with van der Waals surface area (Å²) in [5.41, 5.74) is 1.16. The lowest BCUT2D eigenvalue weighted by molar-refractivity contribution is 0.0872. The lowest BCUT2D eigenvalue weighted by Gasteiger charge is -2.23. The summed E-state index contributed by atoms with van der Waals surface area (Å²) in [5, 5.41) is 3.29. The van der Waals surface area contributed by atoms with Crippen LogP contribution in [0.15, 0.2) is 12.2 Å². The molecule has 0 aliphatic carbocycles. The summed E-state index contributed by atoms with van der Waals surface area (Å²) in [6.45, 7) is 8.44. The zero-order valence-corrected chi connectivity index (χ0v) is 5.81. The minimum atomic E-state index is 0.388. The number of nitrogens with one attached hydrogen (secondary N) is 1. The van der Waals surface area contributed by atoms with Gasteiger partial charge in [-0.25, -0.2) is 0 Å². The first-order valence-electron chi connectivity index (χ1n) is 3.27. The lowest BCUT2D eigenvalue weighted by Crippen LogP contribution is -2.41. The molecule has 1 aliphatic heterocycles. The Kier molecular flexibility index (Phi) is 2.25. The molecule has 1 rings (SSSR count). The standard InChI is InChI=1S/C7H13NO/c1-6(2)7-5-9-4-3-8-7/h7-8H,1,3-5H2,2H3. The van der Waals surface area contributed by atoms with E-state index in [2.05, 4.69) is 11.9 Å². The second-order valence-corrected chi connectivity index (χ2v) is 2.43. The number of hydrogen-bond acceptors (Lipinski definition) is 2. The van der Waals surface area contributed by atoms with E-state index in [1.807, 2.05) is 6.92 Å². The quantitative estimate of drug-likeness (QED) is 0.519. The summed E-state index contributed by atoms with van der Waals surface area (Å²) in [7, 11) is 0. The van der Waals surface area contributed by atoms with E-state index < -0.39 is 0 Å². The van der Waals surface area contributed by atoms with Gasteiger partial charge in [-0.15, -0.1) is 0 Å². The van der Waals surface area contributed by atoms with Crippen molar-refractivity contribution in [1.29, 1.82) is 0 Å². The van der Waals surface area contributed by atoms with Crippen LogP contribution in [-0.2, 0) is 4.74 Å². The second kappa shape index (κ2) is 2.99. The van der Waals surface area contributed by atoms with E-state index in [1.54, 1.807) is 0 Å². The normalized spacial score (nSPS) is 27.9. The highest BCUT2D eigenvalue weighted by atomic mass is 16.5. The summed E-state index contributed by atoms with van der Waals surface area (Å²) in [6, 6.07) is 0.388. The average Bonchev–Trinajstić information content (AvgIpc) is 1.90. The van der Waals surface area contributed by atoms with Crippen LogP contribution in [0.4, 0.5) is 0 Å². The van der Waals surface area contributed by atoms with E-state index >= 15 is 0 Å². The van der Waals surface area contributed by atoms with Gasteiger partial charge in [-0.2, -0.15) is 0 Å². The van der Waals surface area contributed by atoms with Crippen LogP contribution in [0.5, 0.6) is 0 Å². The highest BCUT2D eigenvalue weighted by Gasteiger charge is 2.11. The van der Waals surface area contributed by atoms with Crippen LogP contribution in [0.25, 0.3) is 0 Å². The van der Waals surface area contributed by atoms with Gasteiger partial charge >= 0.3 is 0 Å². The van der Waals surface area contributed by atoms with Crippen LogP contribution >= 0.6 is 0 Å². The fraction of sp³-hybridized carbons (Fsp3) is 0.714. The highest BCUT2D eigenvalue weighted by Crippen LogP contribution is 2.01. The predicted octanol–water partition coefficient (Wildman–Crippen LogP) is 0.551. The van der Waals surface area contributed by atoms with Crippen molar-refractivity contribution in [2.24, 2.45) is 0 Å². The Morgan fingerprint density at radius 2 is 2.56 bits per heavy atom. The molecule has 0 aromatic rings. The van der Waals surface area contributed by atoms with Gasteiger partial charge in [0.15, 0.2) is 0 Å². The molecule has 9 heavy (non-hydrogen) atoms. The molecule has 1 atom stereocenters. The summed E-state index contributed by atoms with van der Waals surface area (Å²) in [5.74, 6) is 0. The van der Waals surface area contributed by atoms with Gasteiger partial charge in [0.1, 0.15) is 0 Å². The van der Waals surface area contributed by atoms with Crippen LogP contribution in [0.1, 0.15) is 6.92 Å². The number of rotatable bonds is 1. The van der Waals surface area contributed by atoms with E-state index in [0.717, 1.165) is 25.3 Å². The maximum absolute atomic E-state index is 5.22. The lowest BCUT2D eigenvalue weighted by atomic mass is 10.1. The van der Waals surface area contributed by atoms with E-state index in [4.69, 9.17) is 4.74 Å². The van der Waals surface area contributed by atoms with E-state index in [-0.39, 0.29) is 0 Å². The van der Waals surface area contributed by atoms with Crippen LogP contribution in [0, 0.1) is 0 Å².